The summed E-state index contributed by atoms with van der Waals surface area (Å²) in [6.45, 7) is 3.36. The molecular formula is C25H29N5O3S. The van der Waals surface area contributed by atoms with E-state index < -0.39 is 5.91 Å². The van der Waals surface area contributed by atoms with Gasteiger partial charge in [0, 0.05) is 44.7 Å². The average molecular weight is 480 g/mol. The molecule has 0 aliphatic carbocycles. The fraction of sp³-hybridized carbons (Fsp3) is 0.320. The van der Waals surface area contributed by atoms with Crippen molar-refractivity contribution in [2.24, 2.45) is 5.73 Å². The van der Waals surface area contributed by atoms with Crippen molar-refractivity contribution in [1.29, 1.82) is 0 Å². The molecule has 4 rings (SSSR count). The van der Waals surface area contributed by atoms with Crippen LogP contribution in [0.25, 0.3) is 11.3 Å². The summed E-state index contributed by atoms with van der Waals surface area (Å²) in [5.41, 5.74) is 7.05. The largest absolute Gasteiger partial charge is 0.457 e. The lowest BCUT2D eigenvalue weighted by Crippen LogP contribution is -2.49. The quantitative estimate of drug-likeness (QED) is 0.533. The van der Waals surface area contributed by atoms with Crippen LogP contribution in [-0.4, -0.2) is 73.4 Å². The van der Waals surface area contributed by atoms with E-state index in [2.05, 4.69) is 4.90 Å². The van der Waals surface area contributed by atoms with Crippen molar-refractivity contribution in [3.63, 3.8) is 0 Å². The summed E-state index contributed by atoms with van der Waals surface area (Å²) in [5.74, 6) is 1.12. The number of rotatable bonds is 8. The number of ether oxygens (including phenoxy) is 1. The second-order valence-electron chi connectivity index (χ2n) is 8.40. The van der Waals surface area contributed by atoms with Gasteiger partial charge >= 0.3 is 0 Å². The van der Waals surface area contributed by atoms with Crippen LogP contribution in [-0.2, 0) is 4.79 Å². The van der Waals surface area contributed by atoms with Crippen LogP contribution in [0.5, 0.6) is 11.5 Å². The van der Waals surface area contributed by atoms with E-state index in [1.54, 1.807) is 0 Å². The first-order valence-electron chi connectivity index (χ1n) is 11.2. The molecule has 2 heterocycles. The van der Waals surface area contributed by atoms with E-state index in [0.29, 0.717) is 48.9 Å². The van der Waals surface area contributed by atoms with Gasteiger partial charge in [0.15, 0.2) is 5.13 Å². The molecule has 1 saturated heterocycles. The maximum Gasteiger partial charge on any atom is 0.261 e. The molecule has 0 atom stereocenters. The summed E-state index contributed by atoms with van der Waals surface area (Å²) in [6.07, 6.45) is 0.518. The van der Waals surface area contributed by atoms with E-state index in [4.69, 9.17) is 15.5 Å². The van der Waals surface area contributed by atoms with E-state index >= 15 is 0 Å². The minimum absolute atomic E-state index is 0.170. The van der Waals surface area contributed by atoms with Gasteiger partial charge < -0.3 is 25.2 Å². The molecular weight excluding hydrogens is 450 g/mol. The summed E-state index contributed by atoms with van der Waals surface area (Å²) in [5, 5.41) is 0.744. The third-order valence-corrected chi connectivity index (χ3v) is 6.75. The zero-order valence-electron chi connectivity index (χ0n) is 19.4. The number of carbonyl (C=O) groups excluding carboxylic acids is 2. The summed E-state index contributed by atoms with van der Waals surface area (Å²) in [4.78, 5) is 35.8. The zero-order valence-corrected chi connectivity index (χ0v) is 20.3. The highest BCUT2D eigenvalue weighted by Crippen LogP contribution is 2.34. The van der Waals surface area contributed by atoms with Crippen LogP contribution in [0.1, 0.15) is 16.1 Å². The molecule has 2 aromatic carbocycles. The van der Waals surface area contributed by atoms with Gasteiger partial charge in [0.2, 0.25) is 5.91 Å². The van der Waals surface area contributed by atoms with E-state index in [0.717, 1.165) is 23.0 Å². The van der Waals surface area contributed by atoms with E-state index in [-0.39, 0.29) is 5.91 Å². The molecule has 0 spiro atoms. The molecule has 2 amide bonds. The summed E-state index contributed by atoms with van der Waals surface area (Å²) in [6, 6.07) is 17.0. The SMILES string of the molecule is CN(C)CCC(=O)N1CCN(c2nc(-c3ccc(Oc4ccccc4)cc3)c(C(N)=O)s2)CC1. The van der Waals surface area contributed by atoms with Crippen molar-refractivity contribution < 1.29 is 14.3 Å². The lowest BCUT2D eigenvalue weighted by Gasteiger charge is -2.34. The number of primary amides is 1. The van der Waals surface area contributed by atoms with Crippen molar-refractivity contribution in [2.45, 2.75) is 6.42 Å². The van der Waals surface area contributed by atoms with Gasteiger partial charge in [-0.1, -0.05) is 29.5 Å². The van der Waals surface area contributed by atoms with Crippen LogP contribution >= 0.6 is 11.3 Å². The summed E-state index contributed by atoms with van der Waals surface area (Å²) >= 11 is 1.30. The molecule has 2 N–H and O–H groups in total. The van der Waals surface area contributed by atoms with Crippen molar-refractivity contribution in [3.05, 3.63) is 59.5 Å². The number of anilines is 1. The highest BCUT2D eigenvalue weighted by Gasteiger charge is 2.25. The van der Waals surface area contributed by atoms with Crippen molar-refractivity contribution >= 4 is 28.3 Å². The Kier molecular flexibility index (Phi) is 7.44. The Hall–Kier alpha value is -3.43. The number of piperazine rings is 1. The van der Waals surface area contributed by atoms with Crippen LogP contribution in [0.3, 0.4) is 0 Å². The standard InChI is InChI=1S/C25H29N5O3S/c1-28(2)13-12-21(31)29-14-16-30(17-15-29)25-27-22(23(34-25)24(26)32)18-8-10-20(11-9-18)33-19-6-4-3-5-7-19/h3-11H,12-17H2,1-2H3,(H2,26,32). The lowest BCUT2D eigenvalue weighted by molar-refractivity contribution is -0.131. The molecule has 1 aromatic heterocycles. The lowest BCUT2D eigenvalue weighted by atomic mass is 10.1. The second-order valence-corrected chi connectivity index (χ2v) is 9.38. The Morgan fingerprint density at radius 2 is 1.65 bits per heavy atom. The van der Waals surface area contributed by atoms with Gasteiger partial charge in [0.05, 0.1) is 5.69 Å². The van der Waals surface area contributed by atoms with Crippen molar-refractivity contribution in [1.82, 2.24) is 14.8 Å². The number of hydrogen-bond donors (Lipinski definition) is 1. The van der Waals surface area contributed by atoms with Gasteiger partial charge in [-0.15, -0.1) is 0 Å². The molecule has 0 unspecified atom stereocenters. The molecule has 1 fully saturated rings. The number of nitrogens with zero attached hydrogens (tertiary/aromatic N) is 4. The van der Waals surface area contributed by atoms with Crippen LogP contribution in [0.2, 0.25) is 0 Å². The molecule has 3 aromatic rings. The Morgan fingerprint density at radius 1 is 1.00 bits per heavy atom. The smallest absolute Gasteiger partial charge is 0.261 e. The van der Waals surface area contributed by atoms with Gasteiger partial charge in [0.1, 0.15) is 16.4 Å². The molecule has 9 heteroatoms. The summed E-state index contributed by atoms with van der Waals surface area (Å²) in [7, 11) is 3.93. The maximum atomic E-state index is 12.4. The highest BCUT2D eigenvalue weighted by molar-refractivity contribution is 7.18. The van der Waals surface area contributed by atoms with Crippen LogP contribution in [0.15, 0.2) is 54.6 Å². The fourth-order valence-corrected chi connectivity index (χ4v) is 4.73. The predicted octanol–water partition coefficient (Wildman–Crippen LogP) is 3.30. The average Bonchev–Trinajstić information content (AvgIpc) is 3.30. The normalized spacial score (nSPS) is 13.9. The molecule has 1 aliphatic rings. The first-order chi connectivity index (χ1) is 16.4. The number of thiazole rings is 1. The monoisotopic (exact) mass is 479 g/mol. The molecule has 0 bridgehead atoms. The van der Waals surface area contributed by atoms with Gasteiger partial charge in [-0.3, -0.25) is 9.59 Å². The molecule has 1 aliphatic heterocycles. The number of amides is 2. The fourth-order valence-electron chi connectivity index (χ4n) is 3.74. The van der Waals surface area contributed by atoms with E-state index in [1.165, 1.54) is 11.3 Å². The zero-order chi connectivity index (χ0) is 24.1. The predicted molar refractivity (Wildman–Crippen MR) is 135 cm³/mol. The van der Waals surface area contributed by atoms with Gasteiger partial charge in [-0.25, -0.2) is 4.98 Å². The van der Waals surface area contributed by atoms with E-state index in [9.17, 15) is 9.59 Å². The minimum atomic E-state index is -0.499. The van der Waals surface area contributed by atoms with Gasteiger partial charge in [0.25, 0.3) is 5.91 Å². The van der Waals surface area contributed by atoms with Crippen LogP contribution < -0.4 is 15.4 Å². The molecule has 178 valence electrons. The Balaban J connectivity index is 1.45. The Morgan fingerprint density at radius 3 is 2.26 bits per heavy atom. The summed E-state index contributed by atoms with van der Waals surface area (Å²) < 4.78 is 5.85. The first-order valence-corrected chi connectivity index (χ1v) is 12.0. The topological polar surface area (TPSA) is 92.0 Å². The van der Waals surface area contributed by atoms with E-state index in [1.807, 2.05) is 78.5 Å². The number of carbonyl (C=O) groups is 2. The molecule has 0 radical (unpaired) electrons. The van der Waals surface area contributed by atoms with Crippen molar-refractivity contribution in [2.75, 3.05) is 51.7 Å². The number of para-hydroxylation sites is 1. The molecule has 8 nitrogen and oxygen atoms in total. The number of hydrogen-bond acceptors (Lipinski definition) is 7. The minimum Gasteiger partial charge on any atom is -0.457 e. The molecule has 0 saturated carbocycles. The van der Waals surface area contributed by atoms with Crippen LogP contribution in [0, 0.1) is 0 Å². The van der Waals surface area contributed by atoms with Crippen LogP contribution in [0.4, 0.5) is 5.13 Å². The van der Waals surface area contributed by atoms with Crippen molar-refractivity contribution in [3.8, 4) is 22.8 Å². The maximum absolute atomic E-state index is 12.4. The number of aromatic nitrogens is 1. The third kappa shape index (κ3) is 5.73. The second kappa shape index (κ2) is 10.7. The van der Waals surface area contributed by atoms with Gasteiger partial charge in [-0.05, 0) is 50.5 Å². The Labute approximate surface area is 203 Å². The van der Waals surface area contributed by atoms with Gasteiger partial charge in [-0.2, -0.15) is 0 Å². The Bertz CT molecular complexity index is 1120. The molecule has 34 heavy (non-hydrogen) atoms. The number of nitrogens with two attached hydrogens (primary N) is 1. The third-order valence-electron chi connectivity index (χ3n) is 5.62. The highest BCUT2D eigenvalue weighted by atomic mass is 32.1. The first kappa shape index (κ1) is 23.7. The number of benzene rings is 2.